The summed E-state index contributed by atoms with van der Waals surface area (Å²) in [5, 5.41) is 0. The van der Waals surface area contributed by atoms with E-state index >= 15 is 0 Å². The van der Waals surface area contributed by atoms with Crippen molar-refractivity contribution < 1.29 is 45.7 Å². The van der Waals surface area contributed by atoms with Crippen LogP contribution in [-0.4, -0.2) is 14.4 Å². The fourth-order valence-electron chi connectivity index (χ4n) is 1.04. The van der Waals surface area contributed by atoms with Crippen LogP contribution in [0.2, 0.25) is 2.52 Å². The fraction of sp³-hybridized carbons (Fsp3) is 0.727. The first-order chi connectivity index (χ1) is 7.18. The van der Waals surface area contributed by atoms with Gasteiger partial charge in [0, 0.05) is 0 Å². The van der Waals surface area contributed by atoms with Gasteiger partial charge in [0.2, 0.25) is 0 Å². The molecule has 0 atom stereocenters. The van der Waals surface area contributed by atoms with E-state index in [1.807, 2.05) is 0 Å². The third-order valence-corrected chi connectivity index (χ3v) is 3.02. The summed E-state index contributed by atoms with van der Waals surface area (Å²) < 4.78 is 14.6. The van der Waals surface area contributed by atoms with Crippen molar-refractivity contribution in [3.8, 4) is 0 Å². The monoisotopic (exact) mass is 365 g/mol. The Morgan fingerprint density at radius 2 is 1.87 bits per heavy atom. The molecule has 0 aromatic heterocycles. The van der Waals surface area contributed by atoms with Gasteiger partial charge in [-0.3, -0.25) is 0 Å². The fourth-order valence-corrected chi connectivity index (χ4v) is 1.83. The Labute approximate surface area is 111 Å². The van der Waals surface area contributed by atoms with E-state index in [1.54, 1.807) is 6.92 Å². The first-order valence-electron chi connectivity index (χ1n) is 5.15. The minimum absolute atomic E-state index is 0.292. The van der Waals surface area contributed by atoms with Gasteiger partial charge < -0.3 is 0 Å². The quantitative estimate of drug-likeness (QED) is 0.296. The molecule has 0 aliphatic carbocycles. The average molecular weight is 365 g/mol. The average Bonchev–Trinajstić information content (AvgIpc) is 2.21. The molecule has 0 saturated carbocycles. The van der Waals surface area contributed by atoms with E-state index in [2.05, 4.69) is 6.58 Å². The Bertz CT molecular complexity index is 192. The van der Waals surface area contributed by atoms with Crippen molar-refractivity contribution in [2.75, 3.05) is 6.61 Å². The number of unbranched alkanes of at least 4 members (excludes halogenated alkanes) is 4. The molecule has 0 aromatic carbocycles. The number of hydrogen-bond donors (Lipinski definition) is 1. The summed E-state index contributed by atoms with van der Waals surface area (Å²) in [6, 6.07) is 0. The van der Waals surface area contributed by atoms with Crippen molar-refractivity contribution >= 4 is 5.97 Å². The first kappa shape index (κ1) is 15.4. The number of carbonyl (C=O) groups excluding carboxylic acids is 1. The van der Waals surface area contributed by atoms with E-state index in [9.17, 15) is 4.79 Å². The van der Waals surface area contributed by atoms with E-state index in [4.69, 9.17) is 6.55 Å². The van der Waals surface area contributed by atoms with E-state index in [-0.39, 0.29) is 5.97 Å². The first-order valence-corrected chi connectivity index (χ1v) is 7.38. The third kappa shape index (κ3) is 10.7. The van der Waals surface area contributed by atoms with Crippen LogP contribution in [0.3, 0.4) is 0 Å². The minimum atomic E-state index is -0.424. The molecule has 3 nitrogen and oxygen atoms in total. The van der Waals surface area contributed by atoms with Gasteiger partial charge in [0.25, 0.3) is 0 Å². The Kier molecular flexibility index (Phi) is 11.2. The van der Waals surface area contributed by atoms with E-state index < -0.39 is 34.4 Å². The number of hydrogen-bond acceptors (Lipinski definition) is 3. The molecular formula is C11H20HoO3. The number of esters is 1. The zero-order valence-electron chi connectivity index (χ0n) is 9.22. The van der Waals surface area contributed by atoms with Crippen LogP contribution in [-0.2, 0) is 9.53 Å². The summed E-state index contributed by atoms with van der Waals surface area (Å²) in [5.41, 5.74) is 0.460. The summed E-state index contributed by atoms with van der Waals surface area (Å²) in [4.78, 5) is 11.0. The second-order valence-electron chi connectivity index (χ2n) is 3.43. The van der Waals surface area contributed by atoms with Crippen LogP contribution in [0.4, 0.5) is 0 Å². The molecular weight excluding hydrogens is 345 g/mol. The van der Waals surface area contributed by atoms with Crippen LogP contribution in [0, 0.1) is 34.4 Å². The van der Waals surface area contributed by atoms with E-state index in [0.29, 0.717) is 12.2 Å². The van der Waals surface area contributed by atoms with Crippen molar-refractivity contribution in [2.45, 2.75) is 41.5 Å². The van der Waals surface area contributed by atoms with Crippen LogP contribution in [0.1, 0.15) is 39.0 Å². The van der Waals surface area contributed by atoms with Crippen molar-refractivity contribution in [3.05, 3.63) is 12.2 Å². The normalized spacial score (nSPS) is 10.3. The predicted octanol–water partition coefficient (Wildman–Crippen LogP) is 2.47. The summed E-state index contributed by atoms with van der Waals surface area (Å²) in [7, 11) is 0. The van der Waals surface area contributed by atoms with Gasteiger partial charge in [-0.05, 0) is 0 Å². The molecule has 0 spiro atoms. The second-order valence-corrected chi connectivity index (χ2v) is 5.01. The molecule has 1 N–H and O–H groups in total. The molecule has 0 bridgehead atoms. The van der Waals surface area contributed by atoms with E-state index in [0.717, 1.165) is 28.2 Å². The van der Waals surface area contributed by atoms with Gasteiger partial charge in [0.1, 0.15) is 0 Å². The zero-order chi connectivity index (χ0) is 11.5. The molecule has 0 unspecified atom stereocenters. The maximum absolute atomic E-state index is 11.0. The van der Waals surface area contributed by atoms with Crippen LogP contribution in [0.15, 0.2) is 12.2 Å². The van der Waals surface area contributed by atoms with Gasteiger partial charge in [-0.2, -0.15) is 0 Å². The molecule has 4 heteroatoms. The Hall–Kier alpha value is 0.430. The SMILES string of the molecule is C=C(C)C(=O)OCCCCCC[CH2][Ho][OH]. The molecule has 0 saturated heterocycles. The van der Waals surface area contributed by atoms with Gasteiger partial charge in [0.05, 0.1) is 0 Å². The van der Waals surface area contributed by atoms with Crippen molar-refractivity contribution in [1.29, 1.82) is 0 Å². The van der Waals surface area contributed by atoms with Crippen LogP contribution < -0.4 is 0 Å². The summed E-state index contributed by atoms with van der Waals surface area (Å²) >= 11 is -0.424. The molecule has 0 heterocycles. The zero-order valence-corrected chi connectivity index (χ0v) is 11.2. The number of rotatable bonds is 9. The molecule has 0 fully saturated rings. The molecule has 15 heavy (non-hydrogen) atoms. The topological polar surface area (TPSA) is 46.5 Å². The van der Waals surface area contributed by atoms with Gasteiger partial charge in [0.15, 0.2) is 0 Å². The van der Waals surface area contributed by atoms with Crippen LogP contribution in [0.5, 0.6) is 0 Å². The Balaban J connectivity index is 3.11. The molecule has 0 aliphatic heterocycles. The molecule has 0 amide bonds. The third-order valence-electron chi connectivity index (χ3n) is 1.90. The molecule has 0 rings (SSSR count). The molecule has 93 valence electrons. The summed E-state index contributed by atoms with van der Waals surface area (Å²) in [5.74, 6) is -0.292. The van der Waals surface area contributed by atoms with Crippen molar-refractivity contribution in [3.63, 3.8) is 0 Å². The molecule has 0 aliphatic rings. The van der Waals surface area contributed by atoms with Gasteiger partial charge in [-0.1, -0.05) is 0 Å². The summed E-state index contributed by atoms with van der Waals surface area (Å²) in [6.07, 6.45) is 5.47. The Morgan fingerprint density at radius 1 is 1.27 bits per heavy atom. The van der Waals surface area contributed by atoms with E-state index in [1.165, 1.54) is 6.42 Å². The van der Waals surface area contributed by atoms with Gasteiger partial charge >= 0.3 is 112 Å². The summed E-state index contributed by atoms with van der Waals surface area (Å²) in [6.45, 7) is 5.66. The molecule has 0 radical (unpaired) electrons. The number of carbonyl (C=O) groups is 1. The maximum atomic E-state index is 11.0. The van der Waals surface area contributed by atoms with Gasteiger partial charge in [-0.25, -0.2) is 0 Å². The van der Waals surface area contributed by atoms with Gasteiger partial charge in [-0.15, -0.1) is 0 Å². The number of ether oxygens (including phenoxy) is 1. The van der Waals surface area contributed by atoms with Crippen molar-refractivity contribution in [1.82, 2.24) is 0 Å². The Morgan fingerprint density at radius 3 is 2.47 bits per heavy atom. The van der Waals surface area contributed by atoms with Crippen LogP contribution in [0.25, 0.3) is 0 Å². The van der Waals surface area contributed by atoms with Crippen LogP contribution >= 0.6 is 0 Å². The molecule has 0 aromatic rings. The second kappa shape index (κ2) is 10.9. The predicted molar refractivity (Wildman–Crippen MR) is 55.9 cm³/mol. The standard InChI is InChI=1S/C11H19O2.Ho.H2O/c1-4-5-6-7-8-9-13-11(12)10(2)3;;/h1-2,4-9H2,3H3;;1H2/q;+1;/p-1. The van der Waals surface area contributed by atoms with Crippen molar-refractivity contribution in [2.24, 2.45) is 0 Å².